The summed E-state index contributed by atoms with van der Waals surface area (Å²) in [6.07, 6.45) is 3.12. The molecule has 2 aromatic carbocycles. The number of halogens is 2. The molecule has 6 heteroatoms. The van der Waals surface area contributed by atoms with Crippen LogP contribution in [0.1, 0.15) is 12.8 Å². The number of rotatable bonds is 8. The number of para-hydroxylation sites is 1. The molecule has 3 aromatic rings. The number of benzene rings is 2. The number of nitrogens with zero attached hydrogens (tertiary/aromatic N) is 1. The van der Waals surface area contributed by atoms with Gasteiger partial charge >= 0.3 is 0 Å². The predicted octanol–water partition coefficient (Wildman–Crippen LogP) is 5.03. The minimum Gasteiger partial charge on any atom is -0.492 e. The molecule has 0 radical (unpaired) electrons. The fraction of sp³-hybridized carbons (Fsp3) is 0.250. The minimum absolute atomic E-state index is 0.0342. The van der Waals surface area contributed by atoms with Crippen molar-refractivity contribution >= 4 is 44.3 Å². The molecule has 4 nitrogen and oxygen atoms in total. The Balaban J connectivity index is 1.35. The zero-order valence-electron chi connectivity index (χ0n) is 14.3. The SMILES string of the molecule is O=C(CCCOc1ccc(Br)cc1Cl)NCCn1ccc2ccccc21. The number of carbonyl (C=O) groups is 1. The number of amides is 1. The lowest BCUT2D eigenvalue weighted by Crippen LogP contribution is -2.27. The molecule has 1 aromatic heterocycles. The molecule has 0 aliphatic heterocycles. The molecule has 136 valence electrons. The lowest BCUT2D eigenvalue weighted by atomic mass is 10.2. The molecule has 0 aliphatic rings. The maximum absolute atomic E-state index is 11.9. The fourth-order valence-electron chi connectivity index (χ4n) is 2.75. The third-order valence-electron chi connectivity index (χ3n) is 4.05. The van der Waals surface area contributed by atoms with Gasteiger partial charge in [0.15, 0.2) is 0 Å². The van der Waals surface area contributed by atoms with Crippen LogP contribution in [0.5, 0.6) is 5.75 Å². The van der Waals surface area contributed by atoms with E-state index in [2.05, 4.69) is 44.0 Å². The zero-order chi connectivity index (χ0) is 18.4. The normalized spacial score (nSPS) is 10.8. The van der Waals surface area contributed by atoms with Crippen LogP contribution in [0.15, 0.2) is 59.2 Å². The first-order valence-electron chi connectivity index (χ1n) is 8.52. The summed E-state index contributed by atoms with van der Waals surface area (Å²) in [6, 6.07) is 15.8. The quantitative estimate of drug-likeness (QED) is 0.504. The van der Waals surface area contributed by atoms with Crippen LogP contribution in [0.2, 0.25) is 5.02 Å². The maximum Gasteiger partial charge on any atom is 0.220 e. The molecule has 26 heavy (non-hydrogen) atoms. The van der Waals surface area contributed by atoms with Crippen molar-refractivity contribution in [2.75, 3.05) is 13.2 Å². The molecule has 0 spiro atoms. The number of nitrogens with one attached hydrogen (secondary N) is 1. The Morgan fingerprint density at radius 1 is 1.19 bits per heavy atom. The molecule has 0 bridgehead atoms. The monoisotopic (exact) mass is 434 g/mol. The van der Waals surface area contributed by atoms with E-state index in [0.717, 1.165) is 11.0 Å². The number of hydrogen-bond donors (Lipinski definition) is 1. The standard InChI is InChI=1S/C20H20BrClN2O2/c21-16-7-8-19(17(22)14-16)26-13-3-6-20(25)23-10-12-24-11-9-15-4-1-2-5-18(15)24/h1-2,4-5,7-9,11,14H,3,6,10,12-13H2,(H,23,25). The van der Waals surface area contributed by atoms with Crippen molar-refractivity contribution < 1.29 is 9.53 Å². The van der Waals surface area contributed by atoms with E-state index < -0.39 is 0 Å². The van der Waals surface area contributed by atoms with Gasteiger partial charge in [-0.2, -0.15) is 0 Å². The van der Waals surface area contributed by atoms with Gasteiger partial charge in [-0.25, -0.2) is 0 Å². The molecule has 1 N–H and O–H groups in total. The third kappa shape index (κ3) is 5.02. The molecule has 3 rings (SSSR count). The van der Waals surface area contributed by atoms with Crippen LogP contribution in [-0.2, 0) is 11.3 Å². The summed E-state index contributed by atoms with van der Waals surface area (Å²) < 4.78 is 8.67. The highest BCUT2D eigenvalue weighted by Gasteiger charge is 2.05. The van der Waals surface area contributed by atoms with Crippen molar-refractivity contribution in [1.82, 2.24) is 9.88 Å². The molecule has 0 atom stereocenters. The first kappa shape index (κ1) is 18.8. The maximum atomic E-state index is 11.9. The Kier molecular flexibility index (Phi) is 6.58. The van der Waals surface area contributed by atoms with Crippen LogP contribution in [0.4, 0.5) is 0 Å². The van der Waals surface area contributed by atoms with Crippen molar-refractivity contribution in [1.29, 1.82) is 0 Å². The average Bonchev–Trinajstić information content (AvgIpc) is 3.03. The lowest BCUT2D eigenvalue weighted by Gasteiger charge is -2.09. The summed E-state index contributed by atoms with van der Waals surface area (Å²) in [4.78, 5) is 11.9. The Morgan fingerprint density at radius 3 is 2.88 bits per heavy atom. The summed E-state index contributed by atoms with van der Waals surface area (Å²) >= 11 is 9.45. The van der Waals surface area contributed by atoms with Crippen molar-refractivity contribution in [3.8, 4) is 5.75 Å². The zero-order valence-corrected chi connectivity index (χ0v) is 16.6. The van der Waals surface area contributed by atoms with E-state index in [9.17, 15) is 4.79 Å². The molecule has 0 fully saturated rings. The van der Waals surface area contributed by atoms with Crippen molar-refractivity contribution in [2.45, 2.75) is 19.4 Å². The van der Waals surface area contributed by atoms with E-state index in [0.29, 0.717) is 36.8 Å². The second kappa shape index (κ2) is 9.10. The van der Waals surface area contributed by atoms with Gasteiger partial charge in [0.1, 0.15) is 5.75 Å². The van der Waals surface area contributed by atoms with Crippen LogP contribution >= 0.6 is 27.5 Å². The molecule has 1 amide bonds. The summed E-state index contributed by atoms with van der Waals surface area (Å²) in [5.74, 6) is 0.668. The van der Waals surface area contributed by atoms with E-state index >= 15 is 0 Å². The topological polar surface area (TPSA) is 43.3 Å². The van der Waals surface area contributed by atoms with Crippen LogP contribution in [0.25, 0.3) is 10.9 Å². The van der Waals surface area contributed by atoms with Gasteiger partial charge in [0.05, 0.1) is 11.6 Å². The molecule has 0 saturated heterocycles. The summed E-state index contributed by atoms with van der Waals surface area (Å²) in [7, 11) is 0. The highest BCUT2D eigenvalue weighted by atomic mass is 79.9. The Morgan fingerprint density at radius 2 is 2.04 bits per heavy atom. The Bertz CT molecular complexity index is 894. The van der Waals surface area contributed by atoms with Crippen LogP contribution in [0.3, 0.4) is 0 Å². The van der Waals surface area contributed by atoms with Gasteiger partial charge in [0, 0.05) is 35.7 Å². The van der Waals surface area contributed by atoms with Gasteiger partial charge in [-0.05, 0) is 42.1 Å². The first-order valence-corrected chi connectivity index (χ1v) is 9.69. The number of fused-ring (bicyclic) bond motifs is 1. The third-order valence-corrected chi connectivity index (χ3v) is 4.84. The van der Waals surface area contributed by atoms with Gasteiger partial charge in [-0.3, -0.25) is 4.79 Å². The Labute approximate surface area is 166 Å². The fourth-order valence-corrected chi connectivity index (χ4v) is 3.47. The highest BCUT2D eigenvalue weighted by molar-refractivity contribution is 9.10. The van der Waals surface area contributed by atoms with Gasteiger partial charge in [0.2, 0.25) is 5.91 Å². The van der Waals surface area contributed by atoms with E-state index in [-0.39, 0.29) is 5.91 Å². The van der Waals surface area contributed by atoms with E-state index in [4.69, 9.17) is 16.3 Å². The van der Waals surface area contributed by atoms with Crippen LogP contribution in [-0.4, -0.2) is 23.6 Å². The number of hydrogen-bond acceptors (Lipinski definition) is 2. The summed E-state index contributed by atoms with van der Waals surface area (Å²) in [5, 5.41) is 4.72. The van der Waals surface area contributed by atoms with Crippen molar-refractivity contribution in [3.63, 3.8) is 0 Å². The lowest BCUT2D eigenvalue weighted by molar-refractivity contribution is -0.121. The van der Waals surface area contributed by atoms with Crippen molar-refractivity contribution in [3.05, 3.63) is 64.2 Å². The summed E-state index contributed by atoms with van der Waals surface area (Å²) in [5.41, 5.74) is 1.18. The van der Waals surface area contributed by atoms with Crippen molar-refractivity contribution in [2.24, 2.45) is 0 Å². The molecule has 0 saturated carbocycles. The van der Waals surface area contributed by atoms with Gasteiger partial charge < -0.3 is 14.6 Å². The van der Waals surface area contributed by atoms with E-state index in [1.807, 2.05) is 30.5 Å². The largest absolute Gasteiger partial charge is 0.492 e. The van der Waals surface area contributed by atoms with E-state index in [1.165, 1.54) is 10.9 Å². The molecular formula is C20H20BrClN2O2. The summed E-state index contributed by atoms with van der Waals surface area (Å²) in [6.45, 7) is 1.82. The van der Waals surface area contributed by atoms with Crippen LogP contribution in [0, 0.1) is 0 Å². The Hall–Kier alpha value is -1.98. The van der Waals surface area contributed by atoms with Crippen LogP contribution < -0.4 is 10.1 Å². The second-order valence-electron chi connectivity index (χ2n) is 5.94. The van der Waals surface area contributed by atoms with E-state index in [1.54, 1.807) is 6.07 Å². The predicted molar refractivity (Wildman–Crippen MR) is 109 cm³/mol. The van der Waals surface area contributed by atoms with Gasteiger partial charge in [0.25, 0.3) is 0 Å². The number of ether oxygens (including phenoxy) is 1. The number of aromatic nitrogens is 1. The first-order chi connectivity index (χ1) is 12.6. The number of carbonyl (C=O) groups excluding carboxylic acids is 1. The molecule has 0 unspecified atom stereocenters. The molecular weight excluding hydrogens is 416 g/mol. The highest BCUT2D eigenvalue weighted by Crippen LogP contribution is 2.27. The average molecular weight is 436 g/mol. The van der Waals surface area contributed by atoms with Gasteiger partial charge in [-0.15, -0.1) is 0 Å². The smallest absolute Gasteiger partial charge is 0.220 e. The van der Waals surface area contributed by atoms with Gasteiger partial charge in [-0.1, -0.05) is 45.7 Å². The molecule has 0 aliphatic carbocycles. The minimum atomic E-state index is 0.0342. The second-order valence-corrected chi connectivity index (χ2v) is 7.27. The molecule has 1 heterocycles.